The molecule has 0 aliphatic rings. The molecule has 1 rings (SSSR count). The number of hydrogen-bond acceptors (Lipinski definition) is 1. The van der Waals surface area contributed by atoms with Gasteiger partial charge in [0, 0.05) is 11.6 Å². The third-order valence-electron chi connectivity index (χ3n) is 4.36. The van der Waals surface area contributed by atoms with Gasteiger partial charge in [-0.15, -0.1) is 0 Å². The van der Waals surface area contributed by atoms with Crippen molar-refractivity contribution in [1.82, 2.24) is 5.32 Å². The minimum absolute atomic E-state index is 0.144. The van der Waals surface area contributed by atoms with Crippen LogP contribution in [0.15, 0.2) is 12.1 Å². The Bertz CT molecular complexity index is 463. The Kier molecular flexibility index (Phi) is 6.33. The van der Waals surface area contributed by atoms with Crippen LogP contribution in [-0.4, -0.2) is 6.54 Å². The maximum absolute atomic E-state index is 14.2. The van der Waals surface area contributed by atoms with Gasteiger partial charge in [-0.3, -0.25) is 0 Å². The van der Waals surface area contributed by atoms with Gasteiger partial charge in [-0.2, -0.15) is 0 Å². The fourth-order valence-electron chi connectivity index (χ4n) is 2.27. The lowest BCUT2D eigenvalue weighted by molar-refractivity contribution is 0.221. The topological polar surface area (TPSA) is 12.0 Å². The monoisotopic (exact) mass is 297 g/mol. The van der Waals surface area contributed by atoms with Crippen molar-refractivity contribution in [1.29, 1.82) is 0 Å². The van der Waals surface area contributed by atoms with Crippen molar-refractivity contribution in [2.75, 3.05) is 6.54 Å². The van der Waals surface area contributed by atoms with Crippen molar-refractivity contribution >= 4 is 0 Å². The Balaban J connectivity index is 3.05. The number of aryl methyl sites for hydroxylation is 1. The Hall–Kier alpha value is -0.960. The van der Waals surface area contributed by atoms with Gasteiger partial charge < -0.3 is 5.32 Å². The summed E-state index contributed by atoms with van der Waals surface area (Å²) >= 11 is 0. The highest BCUT2D eigenvalue weighted by atomic mass is 19.1. The molecule has 2 atom stereocenters. The van der Waals surface area contributed by atoms with Crippen molar-refractivity contribution in [2.24, 2.45) is 11.3 Å². The van der Waals surface area contributed by atoms with E-state index in [2.05, 4.69) is 39.9 Å². The van der Waals surface area contributed by atoms with Gasteiger partial charge in [-0.05, 0) is 55.3 Å². The van der Waals surface area contributed by atoms with E-state index in [9.17, 15) is 8.78 Å². The summed E-state index contributed by atoms with van der Waals surface area (Å²) in [5.74, 6) is -0.252. The normalized spacial score (nSPS) is 15.0. The zero-order valence-corrected chi connectivity index (χ0v) is 14.2. The molecule has 0 aliphatic carbocycles. The summed E-state index contributed by atoms with van der Waals surface area (Å²) in [6.45, 7) is 13.2. The van der Waals surface area contributed by atoms with Gasteiger partial charge in [0.05, 0.1) is 0 Å². The molecule has 0 radical (unpaired) electrons. The van der Waals surface area contributed by atoms with Crippen LogP contribution >= 0.6 is 0 Å². The fraction of sp³-hybridized carbons (Fsp3) is 0.667. The Morgan fingerprint density at radius 2 is 1.76 bits per heavy atom. The van der Waals surface area contributed by atoms with Gasteiger partial charge >= 0.3 is 0 Å². The molecule has 1 aromatic carbocycles. The van der Waals surface area contributed by atoms with Crippen LogP contribution in [0, 0.1) is 29.9 Å². The smallest absolute Gasteiger partial charge is 0.128 e. The van der Waals surface area contributed by atoms with Gasteiger partial charge in [0.1, 0.15) is 11.6 Å². The van der Waals surface area contributed by atoms with E-state index in [0.29, 0.717) is 17.0 Å². The molecule has 0 aromatic heterocycles. The first-order chi connectivity index (χ1) is 9.66. The molecule has 0 saturated heterocycles. The van der Waals surface area contributed by atoms with Crippen LogP contribution in [0.25, 0.3) is 0 Å². The molecule has 0 spiro atoms. The molecule has 0 amide bonds. The maximum Gasteiger partial charge on any atom is 0.128 e. The van der Waals surface area contributed by atoms with Crippen LogP contribution in [0.3, 0.4) is 0 Å². The minimum atomic E-state index is -0.335. The Morgan fingerprint density at radius 3 is 2.29 bits per heavy atom. The summed E-state index contributed by atoms with van der Waals surface area (Å²) in [5.41, 5.74) is 0.947. The van der Waals surface area contributed by atoms with E-state index >= 15 is 0 Å². The molecule has 1 nitrogen and oxygen atoms in total. The lowest BCUT2D eigenvalue weighted by Gasteiger charge is -2.31. The zero-order valence-electron chi connectivity index (χ0n) is 14.2. The standard InChI is InChI=1S/C18H29F2N/c1-7-8-21-17(10-13(3)18(4,5)6)14-11-15(19)12(2)9-16(14)20/h9,11,13,17,21H,7-8,10H2,1-6H3. The average Bonchev–Trinajstić information content (AvgIpc) is 2.37. The second kappa shape index (κ2) is 7.35. The molecular weight excluding hydrogens is 268 g/mol. The van der Waals surface area contributed by atoms with E-state index in [1.165, 1.54) is 12.1 Å². The van der Waals surface area contributed by atoms with Gasteiger partial charge in [0.25, 0.3) is 0 Å². The van der Waals surface area contributed by atoms with Crippen LogP contribution in [0.4, 0.5) is 8.78 Å². The average molecular weight is 297 g/mol. The first-order valence-electron chi connectivity index (χ1n) is 7.85. The molecule has 21 heavy (non-hydrogen) atoms. The fourth-order valence-corrected chi connectivity index (χ4v) is 2.27. The predicted octanol–water partition coefficient (Wildman–Crippen LogP) is 5.39. The van der Waals surface area contributed by atoms with Gasteiger partial charge in [-0.1, -0.05) is 34.6 Å². The molecule has 2 unspecified atom stereocenters. The second-order valence-corrected chi connectivity index (χ2v) is 7.13. The van der Waals surface area contributed by atoms with Crippen molar-refractivity contribution in [3.8, 4) is 0 Å². The van der Waals surface area contributed by atoms with Crippen molar-refractivity contribution in [2.45, 2.75) is 60.4 Å². The summed E-state index contributed by atoms with van der Waals surface area (Å²) in [6.07, 6.45) is 1.76. The van der Waals surface area contributed by atoms with Crippen molar-refractivity contribution in [3.05, 3.63) is 34.9 Å². The number of rotatable bonds is 6. The summed E-state index contributed by atoms with van der Waals surface area (Å²) in [6, 6.07) is 2.51. The zero-order chi connectivity index (χ0) is 16.2. The predicted molar refractivity (Wildman–Crippen MR) is 85.4 cm³/mol. The highest BCUT2D eigenvalue weighted by Gasteiger charge is 2.26. The third kappa shape index (κ3) is 5.06. The number of benzene rings is 1. The highest BCUT2D eigenvalue weighted by molar-refractivity contribution is 5.27. The molecule has 0 heterocycles. The van der Waals surface area contributed by atoms with Crippen LogP contribution in [0.5, 0.6) is 0 Å². The Morgan fingerprint density at radius 1 is 1.14 bits per heavy atom. The van der Waals surface area contributed by atoms with E-state index in [4.69, 9.17) is 0 Å². The van der Waals surface area contributed by atoms with Gasteiger partial charge in [0.15, 0.2) is 0 Å². The molecule has 120 valence electrons. The molecule has 0 aliphatic heterocycles. The number of nitrogens with one attached hydrogen (secondary N) is 1. The van der Waals surface area contributed by atoms with E-state index < -0.39 is 0 Å². The number of halogens is 2. The van der Waals surface area contributed by atoms with Crippen molar-refractivity contribution in [3.63, 3.8) is 0 Å². The maximum atomic E-state index is 14.2. The summed E-state index contributed by atoms with van der Waals surface area (Å²) in [4.78, 5) is 0. The molecular formula is C18H29F2N. The summed E-state index contributed by atoms with van der Waals surface area (Å²) in [5, 5.41) is 3.37. The molecule has 0 saturated carbocycles. The molecule has 3 heteroatoms. The largest absolute Gasteiger partial charge is 0.310 e. The first-order valence-corrected chi connectivity index (χ1v) is 7.85. The van der Waals surface area contributed by atoms with E-state index in [0.717, 1.165) is 19.4 Å². The lowest BCUT2D eigenvalue weighted by Crippen LogP contribution is -2.29. The van der Waals surface area contributed by atoms with Crippen LogP contribution < -0.4 is 5.32 Å². The quantitative estimate of drug-likeness (QED) is 0.742. The SMILES string of the molecule is CCCNC(CC(C)C(C)(C)C)c1cc(F)c(C)cc1F. The number of hydrogen-bond donors (Lipinski definition) is 1. The summed E-state index contributed by atoms with van der Waals surface area (Å²) in [7, 11) is 0. The molecule has 1 N–H and O–H groups in total. The van der Waals surface area contributed by atoms with Gasteiger partial charge in [0.2, 0.25) is 0 Å². The lowest BCUT2D eigenvalue weighted by atomic mass is 9.77. The molecule has 0 bridgehead atoms. The van der Waals surface area contributed by atoms with Gasteiger partial charge in [-0.25, -0.2) is 8.78 Å². The van der Waals surface area contributed by atoms with Crippen LogP contribution in [0.2, 0.25) is 0 Å². The van der Waals surface area contributed by atoms with E-state index in [1.54, 1.807) is 6.92 Å². The third-order valence-corrected chi connectivity index (χ3v) is 4.36. The summed E-state index contributed by atoms with van der Waals surface area (Å²) < 4.78 is 28.1. The first kappa shape index (κ1) is 18.1. The molecule has 0 fully saturated rings. The minimum Gasteiger partial charge on any atom is -0.310 e. The Labute approximate surface area is 128 Å². The van der Waals surface area contributed by atoms with Crippen LogP contribution in [-0.2, 0) is 0 Å². The van der Waals surface area contributed by atoms with Crippen LogP contribution in [0.1, 0.15) is 64.6 Å². The van der Waals surface area contributed by atoms with E-state index in [1.807, 2.05) is 0 Å². The van der Waals surface area contributed by atoms with E-state index in [-0.39, 0.29) is 23.1 Å². The van der Waals surface area contributed by atoms with Crippen molar-refractivity contribution < 1.29 is 8.78 Å². The highest BCUT2D eigenvalue weighted by Crippen LogP contribution is 2.34. The second-order valence-electron chi connectivity index (χ2n) is 7.13. The molecule has 1 aromatic rings.